The lowest BCUT2D eigenvalue weighted by molar-refractivity contribution is -0.136. The second-order valence-electron chi connectivity index (χ2n) is 9.04. The van der Waals surface area contributed by atoms with Crippen LogP contribution < -0.4 is 14.8 Å². The Bertz CT molecular complexity index is 1820. The summed E-state index contributed by atoms with van der Waals surface area (Å²) in [6, 6.07) is 11.9. The molecule has 0 radical (unpaired) electrons. The fourth-order valence-electron chi connectivity index (χ4n) is 4.57. The van der Waals surface area contributed by atoms with Crippen molar-refractivity contribution in [2.24, 2.45) is 7.05 Å². The topological polar surface area (TPSA) is 138 Å². The highest BCUT2D eigenvalue weighted by atomic mass is 32.2. The van der Waals surface area contributed by atoms with Crippen LogP contribution in [0, 0.1) is 6.92 Å². The number of methoxy groups -OCH3 is 2. The van der Waals surface area contributed by atoms with Gasteiger partial charge < -0.3 is 24.5 Å². The first-order chi connectivity index (χ1) is 18.6. The maximum atomic E-state index is 14.2. The van der Waals surface area contributed by atoms with Crippen molar-refractivity contribution in [3.8, 4) is 22.9 Å². The van der Waals surface area contributed by atoms with Gasteiger partial charge in [-0.15, -0.1) is 0 Å². The van der Waals surface area contributed by atoms with Gasteiger partial charge in [0.25, 0.3) is 15.9 Å². The smallest absolute Gasteiger partial charge is 0.317 e. The second-order valence-corrected chi connectivity index (χ2v) is 10.8. The van der Waals surface area contributed by atoms with Gasteiger partial charge in [-0.3, -0.25) is 4.79 Å². The van der Waals surface area contributed by atoms with Gasteiger partial charge in [0.05, 0.1) is 36.9 Å². The number of hydrogen-bond acceptors (Lipinski definition) is 8. The molecule has 4 aromatic heterocycles. The maximum absolute atomic E-state index is 14.2. The summed E-state index contributed by atoms with van der Waals surface area (Å²) in [5.74, 6) is -0.288. The standard InChI is InChI=1S/C27H27N5O6S/c1-16-5-7-18(8-6-16)39(35,36)32-21(11-19-17(9-10-29-26(19)32)13-28-14-24(33)34)20-15-31(2)22-12-23(37-3)27(38-4)30-25(20)22/h5-12,15,28H,13-14H2,1-4H3,(H,33,34). The fraction of sp³-hybridized carbons (Fsp3) is 0.222. The zero-order valence-electron chi connectivity index (χ0n) is 21.8. The van der Waals surface area contributed by atoms with Crippen molar-refractivity contribution in [1.29, 1.82) is 0 Å². The molecule has 0 bridgehead atoms. The molecule has 0 atom stereocenters. The predicted molar refractivity (Wildman–Crippen MR) is 146 cm³/mol. The van der Waals surface area contributed by atoms with Gasteiger partial charge in [0.15, 0.2) is 11.4 Å². The van der Waals surface area contributed by atoms with E-state index in [9.17, 15) is 13.2 Å². The average Bonchev–Trinajstić information content (AvgIpc) is 3.46. The molecule has 0 fully saturated rings. The number of fused-ring (bicyclic) bond motifs is 2. The lowest BCUT2D eigenvalue weighted by Gasteiger charge is -2.12. The highest BCUT2D eigenvalue weighted by Gasteiger charge is 2.28. The number of rotatable bonds is 9. The number of hydrogen-bond donors (Lipinski definition) is 2. The molecule has 1 aromatic carbocycles. The number of carboxylic acid groups (broad SMARTS) is 1. The molecule has 4 heterocycles. The van der Waals surface area contributed by atoms with E-state index < -0.39 is 16.0 Å². The van der Waals surface area contributed by atoms with Crippen molar-refractivity contribution in [2.75, 3.05) is 20.8 Å². The summed E-state index contributed by atoms with van der Waals surface area (Å²) >= 11 is 0. The summed E-state index contributed by atoms with van der Waals surface area (Å²) in [4.78, 5) is 20.3. The van der Waals surface area contributed by atoms with Crippen LogP contribution >= 0.6 is 0 Å². The van der Waals surface area contributed by atoms with Crippen molar-refractivity contribution >= 4 is 38.1 Å². The molecule has 0 aliphatic carbocycles. The van der Waals surface area contributed by atoms with Gasteiger partial charge in [0, 0.05) is 43.0 Å². The zero-order chi connectivity index (χ0) is 27.9. The largest absolute Gasteiger partial charge is 0.491 e. The van der Waals surface area contributed by atoms with Gasteiger partial charge in [-0.1, -0.05) is 17.7 Å². The molecule has 5 aromatic rings. The Kier molecular flexibility index (Phi) is 6.74. The van der Waals surface area contributed by atoms with E-state index in [1.807, 2.05) is 18.5 Å². The zero-order valence-corrected chi connectivity index (χ0v) is 22.6. The molecule has 0 saturated heterocycles. The molecule has 202 valence electrons. The number of aryl methyl sites for hydroxylation is 2. The van der Waals surface area contributed by atoms with E-state index in [1.165, 1.54) is 24.4 Å². The van der Waals surface area contributed by atoms with Crippen LogP contribution in [0.2, 0.25) is 0 Å². The monoisotopic (exact) mass is 549 g/mol. The first-order valence-electron chi connectivity index (χ1n) is 12.0. The molecule has 11 nitrogen and oxygen atoms in total. The summed E-state index contributed by atoms with van der Waals surface area (Å²) in [5.41, 5.74) is 3.98. The summed E-state index contributed by atoms with van der Waals surface area (Å²) in [5, 5.41) is 12.5. The van der Waals surface area contributed by atoms with Gasteiger partial charge in [-0.2, -0.15) is 0 Å². The van der Waals surface area contributed by atoms with Crippen molar-refractivity contribution in [1.82, 2.24) is 23.8 Å². The Hall–Kier alpha value is -4.42. The third kappa shape index (κ3) is 4.57. The minimum atomic E-state index is -4.11. The van der Waals surface area contributed by atoms with Crippen LogP contribution in [-0.4, -0.2) is 58.8 Å². The van der Waals surface area contributed by atoms with Crippen LogP contribution in [0.5, 0.6) is 11.6 Å². The highest BCUT2D eigenvalue weighted by Crippen LogP contribution is 2.39. The number of nitrogens with one attached hydrogen (secondary N) is 1. The van der Waals surface area contributed by atoms with Crippen molar-refractivity contribution in [3.63, 3.8) is 0 Å². The lowest BCUT2D eigenvalue weighted by Crippen LogP contribution is -2.22. The van der Waals surface area contributed by atoms with Gasteiger partial charge in [0.1, 0.15) is 5.52 Å². The van der Waals surface area contributed by atoms with Crippen LogP contribution in [0.3, 0.4) is 0 Å². The molecule has 0 aliphatic rings. The molecule has 0 aliphatic heterocycles. The number of nitrogens with zero attached hydrogens (tertiary/aromatic N) is 4. The molecule has 0 amide bonds. The lowest BCUT2D eigenvalue weighted by atomic mass is 10.1. The fourth-order valence-corrected chi connectivity index (χ4v) is 6.05. The Morgan fingerprint density at radius 2 is 1.85 bits per heavy atom. The molecule has 0 spiro atoms. The average molecular weight is 550 g/mol. The SMILES string of the molecule is COc1cc2c(nc1OC)c(-c1cc3c(CNCC(=O)O)ccnc3n1S(=O)(=O)c1ccc(C)cc1)cn2C. The third-order valence-electron chi connectivity index (χ3n) is 6.48. The van der Waals surface area contributed by atoms with E-state index in [0.717, 1.165) is 5.56 Å². The quantitative estimate of drug-likeness (QED) is 0.284. The van der Waals surface area contributed by atoms with E-state index >= 15 is 0 Å². The van der Waals surface area contributed by atoms with E-state index in [-0.39, 0.29) is 29.5 Å². The Morgan fingerprint density at radius 1 is 1.10 bits per heavy atom. The molecule has 2 N–H and O–H groups in total. The molecule has 0 saturated carbocycles. The number of carboxylic acids is 1. The van der Waals surface area contributed by atoms with E-state index in [4.69, 9.17) is 14.6 Å². The second kappa shape index (κ2) is 10.0. The van der Waals surface area contributed by atoms with E-state index in [2.05, 4.69) is 15.3 Å². The minimum absolute atomic E-state index is 0.107. The molecule has 12 heteroatoms. The summed E-state index contributed by atoms with van der Waals surface area (Å²) in [6.07, 6.45) is 3.31. The van der Waals surface area contributed by atoms with Gasteiger partial charge in [0.2, 0.25) is 0 Å². The summed E-state index contributed by atoms with van der Waals surface area (Å²) in [7, 11) is 0.729. The van der Waals surface area contributed by atoms with Crippen molar-refractivity contribution in [2.45, 2.75) is 18.4 Å². The number of ether oxygens (including phenoxy) is 2. The molecular weight excluding hydrogens is 522 g/mol. The number of benzene rings is 1. The van der Waals surface area contributed by atoms with Crippen LogP contribution in [0.4, 0.5) is 0 Å². The number of aliphatic carboxylic acids is 1. The number of pyridine rings is 2. The van der Waals surface area contributed by atoms with Crippen LogP contribution in [0.1, 0.15) is 11.1 Å². The number of aromatic nitrogens is 4. The van der Waals surface area contributed by atoms with Crippen LogP contribution in [0.15, 0.2) is 59.8 Å². The van der Waals surface area contributed by atoms with Gasteiger partial charge in [-0.25, -0.2) is 22.4 Å². The normalized spacial score (nSPS) is 11.8. The predicted octanol–water partition coefficient (Wildman–Crippen LogP) is 3.33. The van der Waals surface area contributed by atoms with Crippen LogP contribution in [-0.2, 0) is 28.4 Å². The van der Waals surface area contributed by atoms with Gasteiger partial charge >= 0.3 is 5.97 Å². The van der Waals surface area contributed by atoms with E-state index in [0.29, 0.717) is 39.0 Å². The first-order valence-corrected chi connectivity index (χ1v) is 13.4. The third-order valence-corrected chi connectivity index (χ3v) is 8.20. The molecule has 39 heavy (non-hydrogen) atoms. The summed E-state index contributed by atoms with van der Waals surface area (Å²) in [6.45, 7) is 1.85. The van der Waals surface area contributed by atoms with Crippen molar-refractivity contribution in [3.05, 3.63) is 66.0 Å². The van der Waals surface area contributed by atoms with Crippen molar-refractivity contribution < 1.29 is 27.8 Å². The molecular formula is C27H27N5O6S. The maximum Gasteiger partial charge on any atom is 0.317 e. The van der Waals surface area contributed by atoms with E-state index in [1.54, 1.807) is 48.7 Å². The van der Waals surface area contributed by atoms with Gasteiger partial charge in [-0.05, 0) is 36.8 Å². The minimum Gasteiger partial charge on any atom is -0.491 e. The molecule has 0 unspecified atom stereocenters. The first kappa shape index (κ1) is 26.2. The number of carbonyl (C=O) groups is 1. The van der Waals surface area contributed by atoms with Crippen LogP contribution in [0.25, 0.3) is 33.3 Å². The summed E-state index contributed by atoms with van der Waals surface area (Å²) < 4.78 is 42.2. The highest BCUT2D eigenvalue weighted by molar-refractivity contribution is 7.90. The Morgan fingerprint density at radius 3 is 2.51 bits per heavy atom. The Balaban J connectivity index is 1.82. The molecule has 5 rings (SSSR count). The Labute approximate surface area is 224 Å².